The summed E-state index contributed by atoms with van der Waals surface area (Å²) in [5.41, 5.74) is -1.82. The van der Waals surface area contributed by atoms with Gasteiger partial charge < -0.3 is 0 Å². The van der Waals surface area contributed by atoms with Gasteiger partial charge in [-0.15, -0.1) is 0 Å². The summed E-state index contributed by atoms with van der Waals surface area (Å²) < 4.78 is 93.4. The molecule has 0 unspecified atom stereocenters. The molecule has 12 heteroatoms. The highest BCUT2D eigenvalue weighted by Crippen LogP contribution is 2.33. The number of hydrogen-bond donors (Lipinski definition) is 0. The van der Waals surface area contributed by atoms with Crippen molar-refractivity contribution in [3.8, 4) is 0 Å². The zero-order valence-corrected chi connectivity index (χ0v) is 18.3. The van der Waals surface area contributed by atoms with Crippen molar-refractivity contribution in [2.24, 2.45) is 0 Å². The summed E-state index contributed by atoms with van der Waals surface area (Å²) in [5, 5.41) is 3.97. The summed E-state index contributed by atoms with van der Waals surface area (Å²) >= 11 is 5.92. The molecule has 0 aliphatic heterocycles. The molecule has 4 aromatic rings. The van der Waals surface area contributed by atoms with Gasteiger partial charge in [0.15, 0.2) is 5.78 Å². The molecule has 0 N–H and O–H groups in total. The molecule has 1 heterocycles. The van der Waals surface area contributed by atoms with Crippen molar-refractivity contribution in [1.29, 1.82) is 0 Å². The molecule has 3 aromatic carbocycles. The van der Waals surface area contributed by atoms with E-state index in [2.05, 4.69) is 5.10 Å². The van der Waals surface area contributed by atoms with E-state index in [0.717, 1.165) is 6.07 Å². The molecule has 0 saturated heterocycles. The summed E-state index contributed by atoms with van der Waals surface area (Å²) in [7, 11) is -4.66. The Labute approximate surface area is 194 Å². The van der Waals surface area contributed by atoms with Crippen LogP contribution in [0.15, 0.2) is 65.7 Å². The highest BCUT2D eigenvalue weighted by Gasteiger charge is 2.36. The predicted octanol–water partition coefficient (Wildman–Crippen LogP) is 5.65. The van der Waals surface area contributed by atoms with E-state index >= 15 is 0 Å². The highest BCUT2D eigenvalue weighted by atomic mass is 35.5. The SMILES string of the molecule is O=C(Cc1ccc2cnn(S(=O)(=O)c3ccc(F)c(C(F)(F)F)c3)c2c1)c1c(F)cccc1Cl. The van der Waals surface area contributed by atoms with Gasteiger partial charge in [-0.1, -0.05) is 29.8 Å². The van der Waals surface area contributed by atoms with Crippen LogP contribution in [0.3, 0.4) is 0 Å². The minimum Gasteiger partial charge on any atom is -0.294 e. The first-order chi connectivity index (χ1) is 15.9. The van der Waals surface area contributed by atoms with E-state index in [1.807, 2.05) is 0 Å². The van der Waals surface area contributed by atoms with Gasteiger partial charge in [-0.2, -0.15) is 30.8 Å². The molecule has 176 valence electrons. The molecule has 34 heavy (non-hydrogen) atoms. The lowest BCUT2D eigenvalue weighted by molar-refractivity contribution is -0.140. The Morgan fingerprint density at radius 1 is 1.00 bits per heavy atom. The smallest absolute Gasteiger partial charge is 0.294 e. The van der Waals surface area contributed by atoms with Crippen LogP contribution < -0.4 is 0 Å². The minimum absolute atomic E-state index is 0.0391. The second-order valence-electron chi connectivity index (χ2n) is 7.22. The van der Waals surface area contributed by atoms with Crippen molar-refractivity contribution < 1.29 is 35.2 Å². The number of carbonyl (C=O) groups is 1. The van der Waals surface area contributed by atoms with Crippen molar-refractivity contribution in [2.75, 3.05) is 0 Å². The first-order valence-electron chi connectivity index (χ1n) is 9.46. The number of carbonyl (C=O) groups excluding carboxylic acids is 1. The van der Waals surface area contributed by atoms with E-state index in [1.54, 1.807) is 0 Å². The number of rotatable bonds is 5. The maximum atomic E-state index is 14.1. The lowest BCUT2D eigenvalue weighted by Crippen LogP contribution is -2.17. The average molecular weight is 515 g/mol. The number of benzene rings is 3. The molecular formula is C22H12ClF5N2O3S. The summed E-state index contributed by atoms with van der Waals surface area (Å²) in [5.74, 6) is -3.10. The van der Waals surface area contributed by atoms with Crippen LogP contribution in [0.25, 0.3) is 10.9 Å². The number of alkyl halides is 3. The van der Waals surface area contributed by atoms with Gasteiger partial charge in [0, 0.05) is 11.8 Å². The van der Waals surface area contributed by atoms with Crippen molar-refractivity contribution >= 4 is 38.3 Å². The molecule has 0 amide bonds. The zero-order valence-electron chi connectivity index (χ0n) is 16.8. The quantitative estimate of drug-likeness (QED) is 0.255. The Bertz CT molecular complexity index is 1530. The average Bonchev–Trinajstić information content (AvgIpc) is 3.17. The van der Waals surface area contributed by atoms with Gasteiger partial charge in [0.1, 0.15) is 11.6 Å². The van der Waals surface area contributed by atoms with Gasteiger partial charge in [-0.05, 0) is 42.0 Å². The molecule has 0 radical (unpaired) electrons. The molecule has 0 aliphatic rings. The van der Waals surface area contributed by atoms with Gasteiger partial charge in [0.25, 0.3) is 10.0 Å². The molecule has 1 aromatic heterocycles. The van der Waals surface area contributed by atoms with Crippen molar-refractivity contribution in [2.45, 2.75) is 17.5 Å². The molecule has 0 aliphatic carbocycles. The van der Waals surface area contributed by atoms with Gasteiger partial charge in [0.05, 0.1) is 32.8 Å². The summed E-state index contributed by atoms with van der Waals surface area (Å²) in [6.45, 7) is 0. The van der Waals surface area contributed by atoms with E-state index in [0.29, 0.717) is 21.6 Å². The van der Waals surface area contributed by atoms with E-state index in [-0.39, 0.29) is 34.2 Å². The maximum Gasteiger partial charge on any atom is 0.419 e. The van der Waals surface area contributed by atoms with Crippen LogP contribution in [0.2, 0.25) is 5.02 Å². The number of fused-ring (bicyclic) bond motifs is 1. The number of halogens is 6. The zero-order chi connectivity index (χ0) is 24.8. The van der Waals surface area contributed by atoms with Crippen molar-refractivity contribution in [3.63, 3.8) is 0 Å². The molecule has 0 spiro atoms. The van der Waals surface area contributed by atoms with Crippen LogP contribution in [0, 0.1) is 11.6 Å². The second kappa shape index (κ2) is 8.48. The summed E-state index contributed by atoms with van der Waals surface area (Å²) in [6, 6.07) is 9.28. The fourth-order valence-electron chi connectivity index (χ4n) is 3.36. The third kappa shape index (κ3) is 4.28. The molecular weight excluding hydrogens is 503 g/mol. The Hall–Kier alpha value is -3.31. The van der Waals surface area contributed by atoms with Gasteiger partial charge >= 0.3 is 6.18 Å². The summed E-state index contributed by atoms with van der Waals surface area (Å²) in [4.78, 5) is 11.8. The Morgan fingerprint density at radius 2 is 1.74 bits per heavy atom. The molecule has 4 rings (SSSR count). The summed E-state index contributed by atoms with van der Waals surface area (Å²) in [6.07, 6.45) is -4.28. The minimum atomic E-state index is -5.11. The van der Waals surface area contributed by atoms with Crippen LogP contribution in [0.4, 0.5) is 22.0 Å². The standard InChI is InChI=1S/C22H12ClF5N2O3S/c23-16-2-1-3-18(25)21(16)20(31)9-12-4-5-13-11-29-30(19(13)8-12)34(32,33)14-6-7-17(24)15(10-14)22(26,27)28/h1-8,10-11H,9H2. The van der Waals surface area contributed by atoms with Gasteiger partial charge in [0.2, 0.25) is 0 Å². The van der Waals surface area contributed by atoms with E-state index in [4.69, 9.17) is 11.6 Å². The Morgan fingerprint density at radius 3 is 2.41 bits per heavy atom. The largest absolute Gasteiger partial charge is 0.419 e. The first kappa shape index (κ1) is 23.8. The maximum absolute atomic E-state index is 14.1. The molecule has 0 atom stereocenters. The number of hydrogen-bond acceptors (Lipinski definition) is 4. The van der Waals surface area contributed by atoms with Crippen molar-refractivity contribution in [1.82, 2.24) is 9.19 Å². The normalized spacial score (nSPS) is 12.3. The first-order valence-corrected chi connectivity index (χ1v) is 11.3. The number of nitrogens with zero attached hydrogens (tertiary/aromatic N) is 2. The number of Topliss-reactive ketones (excluding diaryl/α,β-unsaturated/α-hetero) is 1. The topological polar surface area (TPSA) is 69.0 Å². The highest BCUT2D eigenvalue weighted by molar-refractivity contribution is 7.90. The van der Waals surface area contributed by atoms with Crippen LogP contribution in [-0.4, -0.2) is 23.4 Å². The lowest BCUT2D eigenvalue weighted by Gasteiger charge is -2.11. The van der Waals surface area contributed by atoms with Crippen LogP contribution in [0.1, 0.15) is 21.5 Å². The van der Waals surface area contributed by atoms with Gasteiger partial charge in [-0.3, -0.25) is 4.79 Å². The number of ketones is 1. The fraction of sp³-hybridized carbons (Fsp3) is 0.0909. The second-order valence-corrected chi connectivity index (χ2v) is 9.40. The monoisotopic (exact) mass is 514 g/mol. The number of aromatic nitrogens is 2. The lowest BCUT2D eigenvalue weighted by atomic mass is 10.0. The van der Waals surface area contributed by atoms with Crippen LogP contribution >= 0.6 is 11.6 Å². The van der Waals surface area contributed by atoms with Crippen LogP contribution in [0.5, 0.6) is 0 Å². The third-order valence-electron chi connectivity index (χ3n) is 4.98. The Kier molecular flexibility index (Phi) is 5.94. The van der Waals surface area contributed by atoms with E-state index in [9.17, 15) is 35.2 Å². The Balaban J connectivity index is 1.75. The molecule has 0 bridgehead atoms. The van der Waals surface area contributed by atoms with E-state index in [1.165, 1.54) is 36.5 Å². The third-order valence-corrected chi connectivity index (χ3v) is 6.89. The molecule has 0 fully saturated rings. The fourth-order valence-corrected chi connectivity index (χ4v) is 4.93. The molecule has 0 saturated carbocycles. The van der Waals surface area contributed by atoms with Crippen molar-refractivity contribution in [3.05, 3.63) is 94.1 Å². The van der Waals surface area contributed by atoms with E-state index < -0.39 is 44.1 Å². The predicted molar refractivity (Wildman–Crippen MR) is 113 cm³/mol. The molecule has 5 nitrogen and oxygen atoms in total. The van der Waals surface area contributed by atoms with Crippen LogP contribution in [-0.2, 0) is 22.6 Å². The van der Waals surface area contributed by atoms with Gasteiger partial charge in [-0.25, -0.2) is 8.78 Å².